The van der Waals surface area contributed by atoms with Gasteiger partial charge in [0.2, 0.25) is 12.0 Å². The van der Waals surface area contributed by atoms with Crippen LogP contribution in [0, 0.1) is 18.3 Å². The summed E-state index contributed by atoms with van der Waals surface area (Å²) in [4.78, 5) is 51.4. The summed E-state index contributed by atoms with van der Waals surface area (Å²) in [5.41, 5.74) is 3.82. The highest BCUT2D eigenvalue weighted by molar-refractivity contribution is 5.88. The van der Waals surface area contributed by atoms with Crippen molar-refractivity contribution >= 4 is 34.9 Å². The molecule has 2 aromatic carbocycles. The van der Waals surface area contributed by atoms with Crippen LogP contribution in [-0.2, 0) is 41.2 Å². The Bertz CT molecular complexity index is 2200. The molecule has 2 bridgehead atoms. The number of aliphatic hydroxyl groups is 1. The average Bonchev–Trinajstić information content (AvgIpc) is 3.85. The number of aryl methyl sites for hydroxylation is 1. The molecule has 56 heavy (non-hydrogen) atoms. The molecule has 6 heterocycles. The predicted octanol–water partition coefficient (Wildman–Crippen LogP) is 4.63. The van der Waals surface area contributed by atoms with Gasteiger partial charge in [0.1, 0.15) is 5.54 Å². The normalized spacial score (nSPS) is 35.6. The summed E-state index contributed by atoms with van der Waals surface area (Å²) in [5, 5.41) is 17.9. The van der Waals surface area contributed by atoms with E-state index in [1.165, 1.54) is 25.2 Å². The second-order valence-corrected chi connectivity index (χ2v) is 17.4. The van der Waals surface area contributed by atoms with Crippen molar-refractivity contribution in [2.24, 2.45) is 11.3 Å². The van der Waals surface area contributed by atoms with Crippen LogP contribution >= 0.6 is 0 Å². The van der Waals surface area contributed by atoms with Gasteiger partial charge >= 0.3 is 11.9 Å². The highest BCUT2D eigenvalue weighted by atomic mass is 16.6. The molecular formula is C45H55N5O6. The Morgan fingerprint density at radius 3 is 2.66 bits per heavy atom. The molecule has 1 aliphatic carbocycles. The molecular weight excluding hydrogens is 707 g/mol. The summed E-state index contributed by atoms with van der Waals surface area (Å²) in [6, 6.07) is 11.9. The van der Waals surface area contributed by atoms with Gasteiger partial charge in [-0.3, -0.25) is 19.4 Å². The third-order valence-corrected chi connectivity index (χ3v) is 14.9. The second kappa shape index (κ2) is 13.0. The molecule has 0 radical (unpaired) electrons. The molecule has 9 atom stereocenters. The van der Waals surface area contributed by atoms with E-state index in [2.05, 4.69) is 95.5 Å². The van der Waals surface area contributed by atoms with Crippen LogP contribution in [0.4, 0.5) is 5.69 Å². The van der Waals surface area contributed by atoms with E-state index in [-0.39, 0.29) is 12.0 Å². The van der Waals surface area contributed by atoms with Gasteiger partial charge in [-0.1, -0.05) is 61.9 Å². The minimum Gasteiger partial charge on any atom is -0.467 e. The Labute approximate surface area is 329 Å². The quantitative estimate of drug-likeness (QED) is 0.180. The smallest absolute Gasteiger partial charge is 0.344 e. The zero-order valence-electron chi connectivity index (χ0n) is 33.5. The lowest BCUT2D eigenvalue weighted by Crippen LogP contribution is -2.81. The minimum atomic E-state index is -2.21. The third kappa shape index (κ3) is 4.77. The van der Waals surface area contributed by atoms with Crippen LogP contribution in [0.2, 0.25) is 0 Å². The number of aromatic nitrogens is 1. The van der Waals surface area contributed by atoms with Crippen LogP contribution < -0.4 is 10.2 Å². The van der Waals surface area contributed by atoms with Crippen LogP contribution in [0.3, 0.4) is 0 Å². The van der Waals surface area contributed by atoms with Gasteiger partial charge in [-0.25, -0.2) is 4.79 Å². The van der Waals surface area contributed by atoms with Crippen molar-refractivity contribution in [1.29, 1.82) is 0 Å². The SMILES string of the molecule is CCC1=C[C@@H]2CN(CCc3c([nH]c4ccccc34)[C@@](NC=O)(c3cc4c(cc3C)N(C)C3C(O)(C(=O)OC)[C@H](OC(C)=O)[C@]5(CC)C=CCN6CC[C@]43[C@@H]65)C2)C1. The topological polar surface area (TPSA) is 127 Å². The standard InChI is InChI=1S/C45H55N5O6/c1-7-29-21-30-23-44(46-26-51,37-32(14-18-49(24-29)25-30)31-12-9-10-13-35(31)47-37)33-22-34-36(20-27(33)3)48(5)39-43(34)16-19-50-17-11-15-42(8-2,38(43)50)40(56-28(4)52)45(39,54)41(53)55-6/h9-13,15,20-22,26,30,38-40,47,54H,7-8,14,16-19,23-25H2,1-6H3,(H,46,51)/t30-,38-,39?,40+,42+,43+,44-,45?/m0/s1. The number of fused-ring (bicyclic) bond motifs is 6. The number of rotatable bonds is 7. The number of para-hydroxylation sites is 1. The lowest BCUT2D eigenvalue weighted by Gasteiger charge is -2.63. The first-order chi connectivity index (χ1) is 26.9. The molecule has 6 aliphatic rings. The van der Waals surface area contributed by atoms with E-state index in [1.54, 1.807) is 0 Å². The van der Waals surface area contributed by atoms with Crippen molar-refractivity contribution in [2.45, 2.75) is 94.5 Å². The van der Waals surface area contributed by atoms with Crippen LogP contribution in [0.25, 0.3) is 10.9 Å². The lowest BCUT2D eigenvalue weighted by molar-refractivity contribution is -0.228. The van der Waals surface area contributed by atoms with Gasteiger partial charge in [-0.2, -0.15) is 0 Å². The maximum absolute atomic E-state index is 14.3. The lowest BCUT2D eigenvalue weighted by atomic mass is 9.47. The fourth-order valence-electron chi connectivity index (χ4n) is 13.0. The van der Waals surface area contributed by atoms with Gasteiger partial charge in [-0.05, 0) is 85.9 Å². The van der Waals surface area contributed by atoms with Crippen LogP contribution in [0.1, 0.15) is 74.4 Å². The number of ether oxygens (including phenoxy) is 2. The van der Waals surface area contributed by atoms with Gasteiger partial charge < -0.3 is 29.8 Å². The van der Waals surface area contributed by atoms with Crippen molar-refractivity contribution in [3.8, 4) is 0 Å². The Kier molecular flexibility index (Phi) is 8.65. The number of hydrogen-bond acceptors (Lipinski definition) is 9. The molecule has 11 nitrogen and oxygen atoms in total. The largest absolute Gasteiger partial charge is 0.467 e. The molecule has 11 heteroatoms. The molecule has 5 aliphatic heterocycles. The first kappa shape index (κ1) is 37.1. The van der Waals surface area contributed by atoms with E-state index in [0.717, 1.165) is 84.4 Å². The Hall–Kier alpha value is -4.45. The number of likely N-dealkylation sites (N-methyl/N-ethyl adjacent to an activating group) is 1. The molecule has 3 N–H and O–H groups in total. The van der Waals surface area contributed by atoms with Gasteiger partial charge in [0.25, 0.3) is 0 Å². The number of anilines is 1. The zero-order chi connectivity index (χ0) is 39.4. The fourth-order valence-corrected chi connectivity index (χ4v) is 13.0. The van der Waals surface area contributed by atoms with E-state index in [0.29, 0.717) is 25.8 Å². The van der Waals surface area contributed by atoms with Crippen molar-refractivity contribution < 1.29 is 29.0 Å². The summed E-state index contributed by atoms with van der Waals surface area (Å²) in [5.74, 6) is -1.20. The number of hydrogen-bond donors (Lipinski definition) is 3. The van der Waals surface area contributed by atoms with Crippen LogP contribution in [0.5, 0.6) is 0 Å². The third-order valence-electron chi connectivity index (χ3n) is 14.9. The zero-order valence-corrected chi connectivity index (χ0v) is 33.5. The number of benzene rings is 2. The number of H-pyrrole nitrogens is 1. The Morgan fingerprint density at radius 1 is 1.12 bits per heavy atom. The molecule has 3 unspecified atom stereocenters. The molecule has 1 aromatic heterocycles. The van der Waals surface area contributed by atoms with Gasteiger partial charge in [0.15, 0.2) is 6.10 Å². The van der Waals surface area contributed by atoms with E-state index in [4.69, 9.17) is 9.47 Å². The first-order valence-electron chi connectivity index (χ1n) is 20.4. The Balaban J connectivity index is 1.34. The predicted molar refractivity (Wildman–Crippen MR) is 214 cm³/mol. The minimum absolute atomic E-state index is 0.173. The highest BCUT2D eigenvalue weighted by Gasteiger charge is 2.80. The van der Waals surface area contributed by atoms with Gasteiger partial charge in [0, 0.05) is 79.3 Å². The Morgan fingerprint density at radius 2 is 1.93 bits per heavy atom. The number of aromatic amines is 1. The van der Waals surface area contributed by atoms with Crippen molar-refractivity contribution in [3.05, 3.63) is 88.1 Å². The van der Waals surface area contributed by atoms with Crippen LogP contribution in [-0.4, -0.2) is 109 Å². The number of nitrogens with one attached hydrogen (secondary N) is 2. The molecule has 1 amide bonds. The maximum atomic E-state index is 14.3. The molecule has 1 saturated carbocycles. The summed E-state index contributed by atoms with van der Waals surface area (Å²) in [6.07, 6.45) is 9.96. The molecule has 1 saturated heterocycles. The number of amides is 1. The number of methoxy groups -OCH3 is 1. The maximum Gasteiger partial charge on any atom is 0.344 e. The molecule has 1 spiro atoms. The average molecular weight is 762 g/mol. The molecule has 296 valence electrons. The van der Waals surface area contributed by atoms with E-state index >= 15 is 0 Å². The first-order valence-corrected chi connectivity index (χ1v) is 20.4. The second-order valence-electron chi connectivity index (χ2n) is 17.4. The molecule has 3 aromatic rings. The number of carbonyl (C=O) groups is 3. The highest BCUT2D eigenvalue weighted by Crippen LogP contribution is 2.67. The van der Waals surface area contributed by atoms with Crippen molar-refractivity contribution in [3.63, 3.8) is 0 Å². The number of esters is 2. The van der Waals surface area contributed by atoms with Crippen LogP contribution in [0.15, 0.2) is 60.2 Å². The van der Waals surface area contributed by atoms with E-state index in [1.807, 2.05) is 11.9 Å². The van der Waals surface area contributed by atoms with E-state index in [9.17, 15) is 19.5 Å². The number of nitrogens with zero attached hydrogens (tertiary/aromatic N) is 3. The van der Waals surface area contributed by atoms with Gasteiger partial charge in [0.05, 0.1) is 13.2 Å². The van der Waals surface area contributed by atoms with Gasteiger partial charge in [-0.15, -0.1) is 0 Å². The fraction of sp³-hybridized carbons (Fsp3) is 0.533. The molecule has 9 rings (SSSR count). The van der Waals surface area contributed by atoms with Crippen molar-refractivity contribution in [2.75, 3.05) is 51.8 Å². The monoisotopic (exact) mass is 761 g/mol. The summed E-state index contributed by atoms with van der Waals surface area (Å²) < 4.78 is 11.6. The summed E-state index contributed by atoms with van der Waals surface area (Å²) in [7, 11) is 3.23. The van der Waals surface area contributed by atoms with Crippen molar-refractivity contribution in [1.82, 2.24) is 20.1 Å². The van der Waals surface area contributed by atoms with E-state index < -0.39 is 46.1 Å². The molecule has 2 fully saturated rings. The summed E-state index contributed by atoms with van der Waals surface area (Å²) in [6.45, 7) is 11.9. The summed E-state index contributed by atoms with van der Waals surface area (Å²) >= 11 is 0. The number of carbonyl (C=O) groups excluding carboxylic acids is 3.